The number of aryl methyl sites for hydroxylation is 2. The molecule has 1 aromatic rings. The normalized spacial score (nSPS) is 31.2. The molecule has 0 aliphatic heterocycles. The van der Waals surface area contributed by atoms with Gasteiger partial charge in [0, 0.05) is 19.2 Å². The van der Waals surface area contributed by atoms with Crippen molar-refractivity contribution in [2.75, 3.05) is 13.1 Å². The molecule has 3 rings (SSSR count). The highest BCUT2D eigenvalue weighted by Crippen LogP contribution is 2.57. The van der Waals surface area contributed by atoms with Gasteiger partial charge in [-0.2, -0.15) is 5.10 Å². The van der Waals surface area contributed by atoms with E-state index in [1.165, 1.54) is 37.7 Å². The molecule has 2 aliphatic rings. The van der Waals surface area contributed by atoms with E-state index in [1.54, 1.807) is 0 Å². The third kappa shape index (κ3) is 2.75. The maximum absolute atomic E-state index is 6.50. The molecule has 0 saturated heterocycles. The number of halogens is 1. The van der Waals surface area contributed by atoms with Gasteiger partial charge in [0.15, 0.2) is 0 Å². The van der Waals surface area contributed by atoms with E-state index in [4.69, 9.17) is 11.6 Å². The Labute approximate surface area is 133 Å². The second-order valence-corrected chi connectivity index (χ2v) is 7.63. The Morgan fingerprint density at radius 3 is 2.76 bits per heavy atom. The van der Waals surface area contributed by atoms with Gasteiger partial charge >= 0.3 is 0 Å². The van der Waals surface area contributed by atoms with Crippen LogP contribution in [-0.4, -0.2) is 22.9 Å². The van der Waals surface area contributed by atoms with Crippen molar-refractivity contribution >= 4 is 11.6 Å². The smallest absolute Gasteiger partial charge is 0.130 e. The topological polar surface area (TPSA) is 29.9 Å². The van der Waals surface area contributed by atoms with Crippen molar-refractivity contribution < 1.29 is 0 Å². The van der Waals surface area contributed by atoms with Crippen LogP contribution in [0.5, 0.6) is 0 Å². The molecule has 0 radical (unpaired) electrons. The van der Waals surface area contributed by atoms with Gasteiger partial charge in [0.25, 0.3) is 0 Å². The molecular weight excluding hydrogens is 282 g/mol. The average molecular weight is 310 g/mol. The fraction of sp³-hybridized carbons (Fsp3) is 0.824. The summed E-state index contributed by atoms with van der Waals surface area (Å²) in [4.78, 5) is 0. The number of aromatic nitrogens is 2. The highest BCUT2D eigenvalue weighted by molar-refractivity contribution is 6.30. The van der Waals surface area contributed by atoms with Gasteiger partial charge in [-0.05, 0) is 62.8 Å². The van der Waals surface area contributed by atoms with E-state index in [2.05, 4.69) is 24.3 Å². The van der Waals surface area contributed by atoms with Crippen molar-refractivity contribution in [3.63, 3.8) is 0 Å². The first-order valence-electron chi connectivity index (χ1n) is 8.44. The molecule has 4 heteroatoms. The molecule has 1 aromatic heterocycles. The Kier molecular flexibility index (Phi) is 4.33. The lowest BCUT2D eigenvalue weighted by atomic mass is 9.69. The van der Waals surface area contributed by atoms with E-state index in [1.807, 2.05) is 11.7 Å². The SMILES string of the molecule is CCCNCC1(Cc2c(C)nn(C)c2Cl)CC2CCC1C2. The van der Waals surface area contributed by atoms with Crippen molar-refractivity contribution in [2.45, 2.75) is 52.4 Å². The first-order chi connectivity index (χ1) is 10.1. The predicted octanol–water partition coefficient (Wildman–Crippen LogP) is 3.73. The van der Waals surface area contributed by atoms with Crippen LogP contribution in [0.3, 0.4) is 0 Å². The summed E-state index contributed by atoms with van der Waals surface area (Å²) in [6.45, 7) is 6.61. The van der Waals surface area contributed by atoms with E-state index in [-0.39, 0.29) is 0 Å². The number of nitrogens with zero attached hydrogens (tertiary/aromatic N) is 2. The molecule has 21 heavy (non-hydrogen) atoms. The summed E-state index contributed by atoms with van der Waals surface area (Å²) in [5, 5.41) is 9.04. The standard InChI is InChI=1S/C17H28ClN3/c1-4-7-19-11-17(9-13-5-6-14(17)8-13)10-15-12(2)20-21(3)16(15)18/h13-14,19H,4-11H2,1-3H3. The Morgan fingerprint density at radius 1 is 1.43 bits per heavy atom. The summed E-state index contributed by atoms with van der Waals surface area (Å²) in [7, 11) is 1.95. The summed E-state index contributed by atoms with van der Waals surface area (Å²) in [6, 6.07) is 0. The Balaban J connectivity index is 1.82. The molecule has 2 bridgehead atoms. The summed E-state index contributed by atoms with van der Waals surface area (Å²) in [6.07, 6.45) is 7.97. The van der Waals surface area contributed by atoms with Crippen molar-refractivity contribution in [2.24, 2.45) is 24.3 Å². The third-order valence-electron chi connectivity index (χ3n) is 5.81. The van der Waals surface area contributed by atoms with Gasteiger partial charge in [0.1, 0.15) is 5.15 Å². The molecule has 0 spiro atoms. The fourth-order valence-electron chi connectivity index (χ4n) is 4.79. The van der Waals surface area contributed by atoms with E-state index >= 15 is 0 Å². The second kappa shape index (κ2) is 5.92. The molecule has 0 amide bonds. The minimum absolute atomic E-state index is 0.412. The predicted molar refractivity (Wildman–Crippen MR) is 87.7 cm³/mol. The first-order valence-corrected chi connectivity index (χ1v) is 8.82. The molecule has 2 fully saturated rings. The molecule has 3 atom stereocenters. The van der Waals surface area contributed by atoms with Crippen LogP contribution in [-0.2, 0) is 13.5 Å². The molecule has 1 heterocycles. The average Bonchev–Trinajstić information content (AvgIpc) is 3.10. The maximum Gasteiger partial charge on any atom is 0.130 e. The van der Waals surface area contributed by atoms with E-state index in [9.17, 15) is 0 Å². The molecule has 1 N–H and O–H groups in total. The molecule has 2 saturated carbocycles. The molecule has 3 nitrogen and oxygen atoms in total. The molecular formula is C17H28ClN3. The van der Waals surface area contributed by atoms with Gasteiger partial charge in [-0.25, -0.2) is 0 Å². The molecule has 118 valence electrons. The summed E-state index contributed by atoms with van der Waals surface area (Å²) < 4.78 is 1.83. The van der Waals surface area contributed by atoms with E-state index in [0.717, 1.165) is 42.2 Å². The Hall–Kier alpha value is -0.540. The highest BCUT2D eigenvalue weighted by atomic mass is 35.5. The van der Waals surface area contributed by atoms with Gasteiger partial charge in [0.2, 0.25) is 0 Å². The van der Waals surface area contributed by atoms with Crippen LogP contribution >= 0.6 is 11.6 Å². The largest absolute Gasteiger partial charge is 0.316 e. The quantitative estimate of drug-likeness (QED) is 0.811. The number of nitrogens with one attached hydrogen (secondary N) is 1. The van der Waals surface area contributed by atoms with Gasteiger partial charge < -0.3 is 5.32 Å². The lowest BCUT2D eigenvalue weighted by Gasteiger charge is -2.38. The van der Waals surface area contributed by atoms with Crippen LogP contribution in [0.1, 0.15) is 50.3 Å². The zero-order valence-corrected chi connectivity index (χ0v) is 14.3. The molecule has 2 aliphatic carbocycles. The fourth-order valence-corrected chi connectivity index (χ4v) is 5.04. The van der Waals surface area contributed by atoms with Crippen LogP contribution in [0.4, 0.5) is 0 Å². The summed E-state index contributed by atoms with van der Waals surface area (Å²) in [5.74, 6) is 1.83. The number of rotatable bonds is 6. The number of hydrogen-bond donors (Lipinski definition) is 1. The maximum atomic E-state index is 6.50. The van der Waals surface area contributed by atoms with Gasteiger partial charge in [-0.3, -0.25) is 4.68 Å². The zero-order valence-electron chi connectivity index (χ0n) is 13.6. The van der Waals surface area contributed by atoms with Crippen LogP contribution in [0, 0.1) is 24.2 Å². The Bertz CT molecular complexity index is 510. The van der Waals surface area contributed by atoms with Crippen LogP contribution < -0.4 is 5.32 Å². The van der Waals surface area contributed by atoms with E-state index in [0.29, 0.717) is 5.41 Å². The van der Waals surface area contributed by atoms with Crippen molar-refractivity contribution in [1.82, 2.24) is 15.1 Å². The monoisotopic (exact) mass is 309 g/mol. The molecule has 3 unspecified atom stereocenters. The van der Waals surface area contributed by atoms with Crippen molar-refractivity contribution in [1.29, 1.82) is 0 Å². The number of hydrogen-bond acceptors (Lipinski definition) is 2. The lowest BCUT2D eigenvalue weighted by molar-refractivity contribution is 0.156. The van der Waals surface area contributed by atoms with Crippen molar-refractivity contribution in [3.8, 4) is 0 Å². The van der Waals surface area contributed by atoms with Gasteiger partial charge in [0.05, 0.1) is 5.69 Å². The van der Waals surface area contributed by atoms with Crippen molar-refractivity contribution in [3.05, 3.63) is 16.4 Å². The minimum Gasteiger partial charge on any atom is -0.316 e. The third-order valence-corrected chi connectivity index (χ3v) is 6.28. The summed E-state index contributed by atoms with van der Waals surface area (Å²) >= 11 is 6.50. The van der Waals surface area contributed by atoms with Gasteiger partial charge in [-0.1, -0.05) is 24.9 Å². The van der Waals surface area contributed by atoms with Crippen LogP contribution in [0.2, 0.25) is 5.15 Å². The van der Waals surface area contributed by atoms with E-state index < -0.39 is 0 Å². The minimum atomic E-state index is 0.412. The molecule has 0 aromatic carbocycles. The first kappa shape index (κ1) is 15.4. The second-order valence-electron chi connectivity index (χ2n) is 7.27. The van der Waals surface area contributed by atoms with Crippen LogP contribution in [0.25, 0.3) is 0 Å². The van der Waals surface area contributed by atoms with Gasteiger partial charge in [-0.15, -0.1) is 0 Å². The zero-order chi connectivity index (χ0) is 15.0. The van der Waals surface area contributed by atoms with Crippen LogP contribution in [0.15, 0.2) is 0 Å². The highest BCUT2D eigenvalue weighted by Gasteiger charge is 2.50. The Morgan fingerprint density at radius 2 is 2.24 bits per heavy atom. The summed E-state index contributed by atoms with van der Waals surface area (Å²) in [5.41, 5.74) is 2.81. The lowest BCUT2D eigenvalue weighted by Crippen LogP contribution is -2.41. The number of fused-ring (bicyclic) bond motifs is 2.